The summed E-state index contributed by atoms with van der Waals surface area (Å²) in [5.74, 6) is -0.663. The van der Waals surface area contributed by atoms with Crippen molar-refractivity contribution in [3.05, 3.63) is 34.5 Å². The number of rotatable bonds is 7. The van der Waals surface area contributed by atoms with Crippen LogP contribution in [0.2, 0.25) is 0 Å². The number of hydrogen-bond acceptors (Lipinski definition) is 3. The minimum Gasteiger partial charge on any atom is -0.478 e. The van der Waals surface area contributed by atoms with Crippen molar-refractivity contribution >= 4 is 16.9 Å². The van der Waals surface area contributed by atoms with Crippen LogP contribution in [0, 0.1) is 6.92 Å². The smallest absolute Gasteiger partial charge is 0.337 e. The summed E-state index contributed by atoms with van der Waals surface area (Å²) in [4.78, 5) is 11.8. The molecule has 4 N–H and O–H groups in total. The van der Waals surface area contributed by atoms with Crippen molar-refractivity contribution in [3.8, 4) is 0 Å². The maximum atomic E-state index is 11.8. The summed E-state index contributed by atoms with van der Waals surface area (Å²) in [6, 6.07) is 3.87. The molecule has 0 saturated carbocycles. The second-order valence-electron chi connectivity index (χ2n) is 6.26. The van der Waals surface area contributed by atoms with E-state index in [0.29, 0.717) is 25.1 Å². The first kappa shape index (κ1) is 17.5. The third-order valence-electron chi connectivity index (χ3n) is 4.40. The Morgan fingerprint density at radius 1 is 1.35 bits per heavy atom. The predicted octanol–water partition coefficient (Wildman–Crippen LogP) is 2.65. The number of aryl methyl sites for hydroxylation is 1. The van der Waals surface area contributed by atoms with Gasteiger partial charge in [-0.2, -0.15) is 0 Å². The number of carboxylic acid groups (broad SMARTS) is 1. The Hall–Kier alpha value is -1.85. The zero-order valence-corrected chi connectivity index (χ0v) is 14.1. The molecule has 23 heavy (non-hydrogen) atoms. The lowest BCUT2D eigenvalue weighted by atomic mass is 9.96. The number of carbonyl (C=O) groups is 1. The number of carboxylic acids is 1. The summed E-state index contributed by atoms with van der Waals surface area (Å²) >= 11 is 0. The van der Waals surface area contributed by atoms with E-state index >= 15 is 0 Å². The number of nitrogens with zero attached hydrogens (tertiary/aromatic N) is 1. The molecular formula is C18H26N2O3. The van der Waals surface area contributed by atoms with Crippen molar-refractivity contribution in [3.63, 3.8) is 0 Å². The molecule has 0 bridgehead atoms. The maximum Gasteiger partial charge on any atom is 0.337 e. The Labute approximate surface area is 136 Å². The van der Waals surface area contributed by atoms with Crippen LogP contribution in [0.25, 0.3) is 10.9 Å². The molecule has 0 spiro atoms. The maximum absolute atomic E-state index is 11.8. The van der Waals surface area contributed by atoms with Crippen LogP contribution in [0.1, 0.15) is 53.4 Å². The molecule has 2 aromatic rings. The van der Waals surface area contributed by atoms with Crippen LogP contribution < -0.4 is 5.73 Å². The number of benzene rings is 1. The van der Waals surface area contributed by atoms with Crippen molar-refractivity contribution in [1.82, 2.24) is 4.57 Å². The van der Waals surface area contributed by atoms with Gasteiger partial charge in [-0.3, -0.25) is 0 Å². The Bertz CT molecular complexity index is 717. The highest BCUT2D eigenvalue weighted by Gasteiger charge is 2.21. The third-order valence-corrected chi connectivity index (χ3v) is 4.40. The van der Waals surface area contributed by atoms with Gasteiger partial charge in [0.1, 0.15) is 0 Å². The van der Waals surface area contributed by atoms with Gasteiger partial charge in [-0.15, -0.1) is 0 Å². The number of aliphatic hydroxyl groups is 1. The van der Waals surface area contributed by atoms with E-state index < -0.39 is 5.97 Å². The molecule has 0 saturated heterocycles. The lowest BCUT2D eigenvalue weighted by Crippen LogP contribution is -2.08. The summed E-state index contributed by atoms with van der Waals surface area (Å²) < 4.78 is 2.02. The number of aromatic carboxylic acids is 1. The van der Waals surface area contributed by atoms with E-state index in [-0.39, 0.29) is 12.5 Å². The molecular weight excluding hydrogens is 292 g/mol. The van der Waals surface area contributed by atoms with E-state index in [4.69, 9.17) is 10.8 Å². The standard InChI is InChI=1S/C18H26N2O3/c1-11(2)13-9-15-14(5-6-19)12(3)20(7-4-8-21)17(15)16(10-13)18(22)23/h9-11,21H,4-8,19H2,1-3H3,(H,22,23). The van der Waals surface area contributed by atoms with Gasteiger partial charge in [0.2, 0.25) is 0 Å². The van der Waals surface area contributed by atoms with Crippen LogP contribution in [-0.2, 0) is 13.0 Å². The van der Waals surface area contributed by atoms with Crippen molar-refractivity contribution in [2.45, 2.75) is 46.1 Å². The van der Waals surface area contributed by atoms with Crippen molar-refractivity contribution in [2.24, 2.45) is 5.73 Å². The molecule has 126 valence electrons. The lowest BCUT2D eigenvalue weighted by Gasteiger charge is -2.12. The molecule has 1 heterocycles. The fourth-order valence-electron chi connectivity index (χ4n) is 3.17. The normalized spacial score (nSPS) is 11.6. The van der Waals surface area contributed by atoms with E-state index in [1.54, 1.807) is 6.07 Å². The first-order chi connectivity index (χ1) is 10.9. The third kappa shape index (κ3) is 3.26. The van der Waals surface area contributed by atoms with Gasteiger partial charge in [0, 0.05) is 24.2 Å². The number of fused-ring (bicyclic) bond motifs is 1. The van der Waals surface area contributed by atoms with Crippen LogP contribution in [0.3, 0.4) is 0 Å². The van der Waals surface area contributed by atoms with E-state index in [2.05, 4.69) is 19.9 Å². The average molecular weight is 318 g/mol. The van der Waals surface area contributed by atoms with Crippen LogP contribution >= 0.6 is 0 Å². The Balaban J connectivity index is 2.83. The van der Waals surface area contributed by atoms with Crippen molar-refractivity contribution in [1.29, 1.82) is 0 Å². The SMILES string of the molecule is Cc1c(CCN)c2cc(C(C)C)cc(C(=O)O)c2n1CCCO. The molecule has 2 rings (SSSR count). The molecule has 0 aliphatic heterocycles. The molecule has 0 atom stereocenters. The fourth-order valence-corrected chi connectivity index (χ4v) is 3.17. The minimum atomic E-state index is -0.917. The first-order valence-electron chi connectivity index (χ1n) is 8.12. The summed E-state index contributed by atoms with van der Waals surface area (Å²) in [7, 11) is 0. The summed E-state index contributed by atoms with van der Waals surface area (Å²) in [6.45, 7) is 7.33. The molecule has 0 unspecified atom stereocenters. The van der Waals surface area contributed by atoms with E-state index in [1.807, 2.05) is 11.5 Å². The summed E-state index contributed by atoms with van der Waals surface area (Å²) in [5, 5.41) is 19.8. The van der Waals surface area contributed by atoms with Gasteiger partial charge in [-0.25, -0.2) is 4.79 Å². The lowest BCUT2D eigenvalue weighted by molar-refractivity contribution is 0.0698. The van der Waals surface area contributed by atoms with E-state index in [9.17, 15) is 9.90 Å². The highest BCUT2D eigenvalue weighted by atomic mass is 16.4. The quantitative estimate of drug-likeness (QED) is 0.732. The number of aliphatic hydroxyl groups excluding tert-OH is 1. The second-order valence-corrected chi connectivity index (χ2v) is 6.26. The molecule has 0 fully saturated rings. The largest absolute Gasteiger partial charge is 0.478 e. The van der Waals surface area contributed by atoms with Crippen LogP contribution in [0.15, 0.2) is 12.1 Å². The average Bonchev–Trinajstić information content (AvgIpc) is 2.77. The van der Waals surface area contributed by atoms with Crippen molar-refractivity contribution < 1.29 is 15.0 Å². The van der Waals surface area contributed by atoms with Gasteiger partial charge in [0.25, 0.3) is 0 Å². The number of aromatic nitrogens is 1. The molecule has 1 aromatic heterocycles. The van der Waals surface area contributed by atoms with Gasteiger partial charge in [0.15, 0.2) is 0 Å². The Morgan fingerprint density at radius 3 is 2.57 bits per heavy atom. The topological polar surface area (TPSA) is 88.5 Å². The van der Waals surface area contributed by atoms with Gasteiger partial charge in [-0.05, 0) is 55.5 Å². The summed E-state index contributed by atoms with van der Waals surface area (Å²) in [5.41, 5.74) is 10.0. The zero-order chi connectivity index (χ0) is 17.1. The molecule has 0 aliphatic rings. The van der Waals surface area contributed by atoms with Crippen LogP contribution in [0.5, 0.6) is 0 Å². The first-order valence-corrected chi connectivity index (χ1v) is 8.12. The Morgan fingerprint density at radius 2 is 2.04 bits per heavy atom. The molecule has 0 amide bonds. The van der Waals surface area contributed by atoms with E-state index in [0.717, 1.165) is 34.1 Å². The minimum absolute atomic E-state index is 0.0812. The number of hydrogen-bond donors (Lipinski definition) is 3. The molecule has 1 aromatic carbocycles. The van der Waals surface area contributed by atoms with Crippen molar-refractivity contribution in [2.75, 3.05) is 13.2 Å². The second kappa shape index (κ2) is 7.15. The fraction of sp³-hybridized carbons (Fsp3) is 0.500. The highest BCUT2D eigenvalue weighted by Crippen LogP contribution is 2.32. The molecule has 5 nitrogen and oxygen atoms in total. The predicted molar refractivity (Wildman–Crippen MR) is 92.2 cm³/mol. The van der Waals surface area contributed by atoms with Crippen LogP contribution in [0.4, 0.5) is 0 Å². The summed E-state index contributed by atoms with van der Waals surface area (Å²) in [6.07, 6.45) is 1.31. The molecule has 0 aliphatic carbocycles. The van der Waals surface area contributed by atoms with Gasteiger partial charge < -0.3 is 20.5 Å². The molecule has 5 heteroatoms. The van der Waals surface area contributed by atoms with Crippen LogP contribution in [-0.4, -0.2) is 33.9 Å². The number of nitrogens with two attached hydrogens (primary N) is 1. The van der Waals surface area contributed by atoms with Gasteiger partial charge in [0.05, 0.1) is 11.1 Å². The zero-order valence-electron chi connectivity index (χ0n) is 14.1. The molecule has 0 radical (unpaired) electrons. The monoisotopic (exact) mass is 318 g/mol. The Kier molecular flexibility index (Phi) is 5.44. The highest BCUT2D eigenvalue weighted by molar-refractivity contribution is 6.04. The van der Waals surface area contributed by atoms with Gasteiger partial charge >= 0.3 is 5.97 Å². The van der Waals surface area contributed by atoms with E-state index in [1.165, 1.54) is 0 Å². The van der Waals surface area contributed by atoms with Gasteiger partial charge in [-0.1, -0.05) is 13.8 Å².